The van der Waals surface area contributed by atoms with Gasteiger partial charge in [-0.1, -0.05) is 48.5 Å². The summed E-state index contributed by atoms with van der Waals surface area (Å²) in [7, 11) is -4.58. The minimum Gasteiger partial charge on any atom is -0.506 e. The average molecular weight is 410 g/mol. The first-order valence-electron chi connectivity index (χ1n) is 8.35. The van der Waals surface area contributed by atoms with E-state index in [0.717, 1.165) is 6.07 Å². The molecule has 0 saturated heterocycles. The van der Waals surface area contributed by atoms with Crippen LogP contribution in [0, 0.1) is 0 Å². The van der Waals surface area contributed by atoms with Gasteiger partial charge in [0.1, 0.15) is 22.0 Å². The molecule has 8 nitrogen and oxygen atoms in total. The fraction of sp³-hybridized carbons (Fsp3) is 0. The normalized spacial score (nSPS) is 12.2. The van der Waals surface area contributed by atoms with Crippen LogP contribution in [0.5, 0.6) is 17.2 Å². The van der Waals surface area contributed by atoms with Crippen LogP contribution in [0.2, 0.25) is 0 Å². The summed E-state index contributed by atoms with van der Waals surface area (Å²) >= 11 is 0. The Morgan fingerprint density at radius 2 is 1.28 bits per heavy atom. The average Bonchev–Trinajstić information content (AvgIpc) is 2.68. The molecule has 0 amide bonds. The van der Waals surface area contributed by atoms with Gasteiger partial charge in [0.15, 0.2) is 11.5 Å². The van der Waals surface area contributed by atoms with E-state index in [-0.39, 0.29) is 27.9 Å². The van der Waals surface area contributed by atoms with Crippen LogP contribution < -0.4 is 0 Å². The lowest BCUT2D eigenvalue weighted by Crippen LogP contribution is -1.99. The smallest absolute Gasteiger partial charge is 0.295 e. The molecule has 4 aromatic rings. The quantitative estimate of drug-likeness (QED) is 0.218. The number of fused-ring (bicyclic) bond motifs is 2. The van der Waals surface area contributed by atoms with E-state index in [1.807, 2.05) is 0 Å². The van der Waals surface area contributed by atoms with Crippen molar-refractivity contribution in [2.45, 2.75) is 4.90 Å². The van der Waals surface area contributed by atoms with Crippen molar-refractivity contribution in [1.29, 1.82) is 0 Å². The zero-order valence-electron chi connectivity index (χ0n) is 14.7. The Kier molecular flexibility index (Phi) is 4.33. The lowest BCUT2D eigenvalue weighted by atomic mass is 10.1. The molecule has 29 heavy (non-hydrogen) atoms. The zero-order chi connectivity index (χ0) is 20.8. The van der Waals surface area contributed by atoms with Gasteiger partial charge < -0.3 is 15.3 Å². The number of hydrogen-bond donors (Lipinski definition) is 4. The number of phenolic OH excluding ortho intramolecular Hbond substituents is 3. The second-order valence-electron chi connectivity index (χ2n) is 6.28. The fourth-order valence-electron chi connectivity index (χ4n) is 3.14. The second-order valence-corrected chi connectivity index (χ2v) is 7.67. The van der Waals surface area contributed by atoms with Crippen molar-refractivity contribution >= 4 is 43.0 Å². The molecule has 4 aromatic carbocycles. The summed E-state index contributed by atoms with van der Waals surface area (Å²) < 4.78 is 32.7. The Labute approximate surface area is 164 Å². The minimum atomic E-state index is -4.58. The molecule has 0 radical (unpaired) electrons. The number of rotatable bonds is 3. The maximum atomic E-state index is 11.6. The highest BCUT2D eigenvalue weighted by Crippen LogP contribution is 2.44. The molecule has 0 aliphatic heterocycles. The fourth-order valence-corrected chi connectivity index (χ4v) is 3.85. The summed E-state index contributed by atoms with van der Waals surface area (Å²) in [5, 5.41) is 40.0. The van der Waals surface area contributed by atoms with Gasteiger partial charge in [-0.05, 0) is 11.5 Å². The standard InChI is InChI=1S/C20H14N2O6S/c23-15-10-17(29(26,27)28)13-7-3-4-8-14(13)18(15)21-22-19-12-6-2-1-5-11(12)9-16(24)20(19)25/h1-10,23-25H,(H,26,27,28). The molecule has 0 spiro atoms. The van der Waals surface area contributed by atoms with E-state index >= 15 is 0 Å². The molecule has 0 atom stereocenters. The first-order chi connectivity index (χ1) is 13.8. The van der Waals surface area contributed by atoms with Gasteiger partial charge in [-0.2, -0.15) is 8.42 Å². The molecule has 0 heterocycles. The van der Waals surface area contributed by atoms with Crippen LogP contribution in [0.3, 0.4) is 0 Å². The van der Waals surface area contributed by atoms with E-state index in [1.165, 1.54) is 18.2 Å². The Morgan fingerprint density at radius 1 is 0.690 bits per heavy atom. The van der Waals surface area contributed by atoms with Crippen LogP contribution in [-0.4, -0.2) is 28.3 Å². The molecule has 0 fully saturated rings. The van der Waals surface area contributed by atoms with Gasteiger partial charge in [0.25, 0.3) is 10.1 Å². The molecule has 0 unspecified atom stereocenters. The van der Waals surface area contributed by atoms with Crippen LogP contribution in [0.15, 0.2) is 75.8 Å². The molecule has 0 saturated carbocycles. The Hall–Kier alpha value is -3.69. The molecule has 146 valence electrons. The number of nitrogens with zero attached hydrogens (tertiary/aromatic N) is 2. The molecule has 0 aliphatic carbocycles. The van der Waals surface area contributed by atoms with Crippen LogP contribution in [0.25, 0.3) is 21.5 Å². The van der Waals surface area contributed by atoms with E-state index in [1.54, 1.807) is 36.4 Å². The largest absolute Gasteiger partial charge is 0.506 e. The number of aromatic hydroxyl groups is 3. The third kappa shape index (κ3) is 3.22. The van der Waals surface area contributed by atoms with Crippen molar-refractivity contribution in [2.75, 3.05) is 0 Å². The van der Waals surface area contributed by atoms with E-state index in [4.69, 9.17) is 0 Å². The monoisotopic (exact) mass is 410 g/mol. The van der Waals surface area contributed by atoms with Crippen molar-refractivity contribution in [1.82, 2.24) is 0 Å². The van der Waals surface area contributed by atoms with Crippen LogP contribution in [0.4, 0.5) is 11.4 Å². The van der Waals surface area contributed by atoms with Crippen LogP contribution in [0.1, 0.15) is 0 Å². The SMILES string of the molecule is O=S(=O)(O)c1cc(O)c(N=Nc2c(O)c(O)cc3ccccc23)c2ccccc12. The van der Waals surface area contributed by atoms with E-state index in [9.17, 15) is 28.3 Å². The lowest BCUT2D eigenvalue weighted by Gasteiger charge is -2.09. The van der Waals surface area contributed by atoms with Crippen molar-refractivity contribution < 1.29 is 28.3 Å². The zero-order valence-corrected chi connectivity index (χ0v) is 15.5. The topological polar surface area (TPSA) is 140 Å². The molecule has 0 aromatic heterocycles. The highest BCUT2D eigenvalue weighted by molar-refractivity contribution is 7.86. The molecular weight excluding hydrogens is 396 g/mol. The Bertz CT molecular complexity index is 1410. The Balaban J connectivity index is 1.97. The van der Waals surface area contributed by atoms with Gasteiger partial charge in [-0.15, -0.1) is 10.2 Å². The van der Waals surface area contributed by atoms with Gasteiger partial charge in [0.05, 0.1) is 0 Å². The van der Waals surface area contributed by atoms with Crippen molar-refractivity contribution in [3.63, 3.8) is 0 Å². The predicted octanol–water partition coefficient (Wildman–Crippen LogP) is 4.77. The summed E-state index contributed by atoms with van der Waals surface area (Å²) in [4.78, 5) is -0.463. The van der Waals surface area contributed by atoms with Crippen LogP contribution in [-0.2, 0) is 10.1 Å². The third-order valence-corrected chi connectivity index (χ3v) is 5.35. The number of phenols is 3. The summed E-state index contributed by atoms with van der Waals surface area (Å²) in [6, 6.07) is 15.3. The van der Waals surface area contributed by atoms with Crippen molar-refractivity contribution in [3.8, 4) is 17.2 Å². The molecule has 4 N–H and O–H groups in total. The summed E-state index contributed by atoms with van der Waals surface area (Å²) in [5.74, 6) is -1.39. The van der Waals surface area contributed by atoms with Crippen molar-refractivity contribution in [2.24, 2.45) is 10.2 Å². The molecule has 9 heteroatoms. The summed E-state index contributed by atoms with van der Waals surface area (Å²) in [5.41, 5.74) is -0.0669. The molecule has 0 bridgehead atoms. The van der Waals surface area contributed by atoms with Gasteiger partial charge in [0, 0.05) is 22.2 Å². The van der Waals surface area contributed by atoms with E-state index in [2.05, 4.69) is 10.2 Å². The third-order valence-electron chi connectivity index (χ3n) is 4.46. The predicted molar refractivity (Wildman–Crippen MR) is 107 cm³/mol. The highest BCUT2D eigenvalue weighted by atomic mass is 32.2. The molecule has 4 rings (SSSR count). The van der Waals surface area contributed by atoms with Crippen molar-refractivity contribution in [3.05, 3.63) is 60.7 Å². The molecule has 0 aliphatic rings. The summed E-state index contributed by atoms with van der Waals surface area (Å²) in [6.07, 6.45) is 0. The second kappa shape index (κ2) is 6.73. The number of azo groups is 1. The Morgan fingerprint density at radius 3 is 1.97 bits per heavy atom. The van der Waals surface area contributed by atoms with E-state index < -0.39 is 26.5 Å². The minimum absolute atomic E-state index is 0.0112. The maximum absolute atomic E-state index is 11.6. The first kappa shape index (κ1) is 18.7. The van der Waals surface area contributed by atoms with Gasteiger partial charge in [-0.25, -0.2) is 0 Å². The number of hydrogen-bond acceptors (Lipinski definition) is 7. The van der Waals surface area contributed by atoms with Gasteiger partial charge in [0.2, 0.25) is 0 Å². The first-order valence-corrected chi connectivity index (χ1v) is 9.79. The summed E-state index contributed by atoms with van der Waals surface area (Å²) in [6.45, 7) is 0. The highest BCUT2D eigenvalue weighted by Gasteiger charge is 2.20. The number of benzene rings is 4. The lowest BCUT2D eigenvalue weighted by molar-refractivity contribution is 0.406. The van der Waals surface area contributed by atoms with Gasteiger partial charge >= 0.3 is 0 Å². The van der Waals surface area contributed by atoms with Crippen LogP contribution >= 0.6 is 0 Å². The van der Waals surface area contributed by atoms with E-state index in [0.29, 0.717) is 10.8 Å². The molecular formula is C20H14N2O6S. The maximum Gasteiger partial charge on any atom is 0.295 e. The van der Waals surface area contributed by atoms with Gasteiger partial charge in [-0.3, -0.25) is 4.55 Å².